The Morgan fingerprint density at radius 1 is 0.926 bits per heavy atom. The number of aromatic nitrogens is 3. The molecule has 0 saturated carbocycles. The van der Waals surface area contributed by atoms with Crippen LogP contribution in [0.3, 0.4) is 0 Å². The van der Waals surface area contributed by atoms with Crippen molar-refractivity contribution in [2.45, 2.75) is 23.8 Å². The lowest BCUT2D eigenvalue weighted by Gasteiger charge is -2.11. The van der Waals surface area contributed by atoms with Crippen molar-refractivity contribution in [2.75, 3.05) is 5.73 Å². The number of nitrogen functional groups attached to an aromatic ring is 1. The Morgan fingerprint density at radius 3 is 2.56 bits per heavy atom. The van der Waals surface area contributed by atoms with Crippen LogP contribution < -0.4 is 10.5 Å². The highest BCUT2D eigenvalue weighted by molar-refractivity contribution is 7.99. The van der Waals surface area contributed by atoms with Gasteiger partial charge in [0, 0.05) is 16.0 Å². The first-order valence-corrected chi connectivity index (χ1v) is 9.31. The maximum absolute atomic E-state index is 6.29. The summed E-state index contributed by atoms with van der Waals surface area (Å²) < 4.78 is 6.02. The third kappa shape index (κ3) is 3.71. The highest BCUT2D eigenvalue weighted by atomic mass is 32.2. The van der Waals surface area contributed by atoms with Crippen LogP contribution in [-0.2, 0) is 0 Å². The fourth-order valence-electron chi connectivity index (χ4n) is 2.65. The van der Waals surface area contributed by atoms with E-state index in [9.17, 15) is 0 Å². The monoisotopic (exact) mass is 374 g/mol. The zero-order valence-corrected chi connectivity index (χ0v) is 15.8. The molecule has 2 aromatic heterocycles. The first-order valence-electron chi connectivity index (χ1n) is 8.49. The van der Waals surface area contributed by atoms with Gasteiger partial charge < -0.3 is 10.5 Å². The molecule has 0 amide bonds. The third-order valence-electron chi connectivity index (χ3n) is 4.08. The molecule has 0 spiro atoms. The average molecular weight is 374 g/mol. The van der Waals surface area contributed by atoms with Gasteiger partial charge in [-0.3, -0.25) is 0 Å². The molecule has 0 aliphatic carbocycles. The number of nitrogens with two attached hydrogens (primary N) is 1. The Kier molecular flexibility index (Phi) is 4.64. The number of ether oxygens (including phenoxy) is 1. The minimum Gasteiger partial charge on any atom is -0.435 e. The Labute approximate surface area is 161 Å². The quantitative estimate of drug-likeness (QED) is 0.497. The summed E-state index contributed by atoms with van der Waals surface area (Å²) >= 11 is 1.48. The lowest BCUT2D eigenvalue weighted by Crippen LogP contribution is -2.00. The fraction of sp³-hybridized carbons (Fsp3) is 0.0952. The SMILES string of the molecule is Cc1ccc(Sc2ncnc(Oc3cccc4ccc(C)nc34)c2N)cc1. The smallest absolute Gasteiger partial charge is 0.247 e. The lowest BCUT2D eigenvalue weighted by molar-refractivity contribution is 0.466. The molecule has 0 radical (unpaired) electrons. The van der Waals surface area contributed by atoms with Gasteiger partial charge in [-0.15, -0.1) is 0 Å². The van der Waals surface area contributed by atoms with Gasteiger partial charge >= 0.3 is 0 Å². The number of rotatable bonds is 4. The van der Waals surface area contributed by atoms with Crippen LogP contribution in [0.1, 0.15) is 11.3 Å². The molecule has 0 aliphatic rings. The van der Waals surface area contributed by atoms with E-state index in [1.165, 1.54) is 23.7 Å². The summed E-state index contributed by atoms with van der Waals surface area (Å²) in [6, 6.07) is 18.0. The molecule has 2 heterocycles. The number of anilines is 1. The van der Waals surface area contributed by atoms with Crippen LogP contribution in [0.5, 0.6) is 11.6 Å². The first-order chi connectivity index (χ1) is 13.1. The second-order valence-electron chi connectivity index (χ2n) is 6.20. The number of para-hydroxylation sites is 1. The Balaban J connectivity index is 1.67. The minimum atomic E-state index is 0.329. The molecule has 2 N–H and O–H groups in total. The molecule has 4 aromatic rings. The number of fused-ring (bicyclic) bond motifs is 1. The fourth-order valence-corrected chi connectivity index (χ4v) is 3.44. The molecule has 134 valence electrons. The first kappa shape index (κ1) is 17.3. The second-order valence-corrected chi connectivity index (χ2v) is 7.26. The molecular formula is C21H18N4OS. The number of hydrogen-bond acceptors (Lipinski definition) is 6. The Morgan fingerprint density at radius 2 is 1.74 bits per heavy atom. The summed E-state index contributed by atoms with van der Waals surface area (Å²) in [6.45, 7) is 4.00. The summed E-state index contributed by atoms with van der Waals surface area (Å²) in [5, 5.41) is 1.66. The number of nitrogens with zero attached hydrogens (tertiary/aromatic N) is 3. The Bertz CT molecular complexity index is 1110. The maximum atomic E-state index is 6.29. The van der Waals surface area contributed by atoms with Gasteiger partial charge in [-0.1, -0.05) is 47.7 Å². The van der Waals surface area contributed by atoms with Crippen molar-refractivity contribution in [3.8, 4) is 11.6 Å². The van der Waals surface area contributed by atoms with Gasteiger partial charge in [-0.2, -0.15) is 4.98 Å². The van der Waals surface area contributed by atoms with E-state index in [4.69, 9.17) is 10.5 Å². The van der Waals surface area contributed by atoms with Gasteiger partial charge in [0.1, 0.15) is 22.6 Å². The molecular weight excluding hydrogens is 356 g/mol. The van der Waals surface area contributed by atoms with E-state index < -0.39 is 0 Å². The minimum absolute atomic E-state index is 0.329. The molecule has 0 bridgehead atoms. The topological polar surface area (TPSA) is 73.9 Å². The van der Waals surface area contributed by atoms with Crippen molar-refractivity contribution in [3.63, 3.8) is 0 Å². The highest BCUT2D eigenvalue weighted by Gasteiger charge is 2.13. The molecule has 6 heteroatoms. The molecule has 5 nitrogen and oxygen atoms in total. The lowest BCUT2D eigenvalue weighted by atomic mass is 10.2. The largest absolute Gasteiger partial charge is 0.435 e. The number of benzene rings is 2. The number of aryl methyl sites for hydroxylation is 2. The predicted molar refractivity (Wildman–Crippen MR) is 108 cm³/mol. The molecule has 27 heavy (non-hydrogen) atoms. The molecule has 0 fully saturated rings. The average Bonchev–Trinajstić information content (AvgIpc) is 2.67. The van der Waals surface area contributed by atoms with Crippen molar-refractivity contribution >= 4 is 28.4 Å². The number of hydrogen-bond donors (Lipinski definition) is 1. The van der Waals surface area contributed by atoms with E-state index in [1.807, 2.05) is 49.4 Å². The number of pyridine rings is 1. The zero-order valence-electron chi connectivity index (χ0n) is 15.0. The van der Waals surface area contributed by atoms with E-state index in [0.717, 1.165) is 21.5 Å². The summed E-state index contributed by atoms with van der Waals surface area (Å²) in [4.78, 5) is 14.2. The van der Waals surface area contributed by atoms with E-state index in [0.29, 0.717) is 22.3 Å². The van der Waals surface area contributed by atoms with Crippen molar-refractivity contribution in [1.29, 1.82) is 0 Å². The summed E-state index contributed by atoms with van der Waals surface area (Å²) in [5.41, 5.74) is 9.61. The van der Waals surface area contributed by atoms with Gasteiger partial charge in [0.2, 0.25) is 5.88 Å². The van der Waals surface area contributed by atoms with Gasteiger partial charge in [0.05, 0.1) is 0 Å². The summed E-state index contributed by atoms with van der Waals surface area (Å²) in [7, 11) is 0. The molecule has 0 saturated heterocycles. The van der Waals surface area contributed by atoms with Crippen molar-refractivity contribution in [2.24, 2.45) is 0 Å². The van der Waals surface area contributed by atoms with Crippen LogP contribution in [0.4, 0.5) is 5.69 Å². The second kappa shape index (κ2) is 7.25. The maximum Gasteiger partial charge on any atom is 0.247 e. The van der Waals surface area contributed by atoms with Crippen molar-refractivity contribution in [1.82, 2.24) is 15.0 Å². The highest BCUT2D eigenvalue weighted by Crippen LogP contribution is 2.37. The third-order valence-corrected chi connectivity index (χ3v) is 5.10. The van der Waals surface area contributed by atoms with Crippen molar-refractivity contribution < 1.29 is 4.74 Å². The van der Waals surface area contributed by atoms with Gasteiger partial charge in [0.15, 0.2) is 5.75 Å². The zero-order chi connectivity index (χ0) is 18.8. The van der Waals surface area contributed by atoms with Crippen LogP contribution >= 0.6 is 11.8 Å². The van der Waals surface area contributed by atoms with E-state index in [1.54, 1.807) is 0 Å². The molecule has 0 atom stereocenters. The summed E-state index contributed by atoms with van der Waals surface area (Å²) in [5.74, 6) is 0.948. The molecule has 2 aromatic carbocycles. The van der Waals surface area contributed by atoms with Gasteiger partial charge in [-0.05, 0) is 38.1 Å². The van der Waals surface area contributed by atoms with Gasteiger partial charge in [0.25, 0.3) is 0 Å². The predicted octanol–water partition coefficient (Wildman–Crippen LogP) is 5.17. The van der Waals surface area contributed by atoms with E-state index in [-0.39, 0.29) is 0 Å². The normalized spacial score (nSPS) is 10.9. The van der Waals surface area contributed by atoms with E-state index in [2.05, 4.69) is 34.0 Å². The van der Waals surface area contributed by atoms with Crippen LogP contribution in [0.25, 0.3) is 10.9 Å². The molecule has 0 unspecified atom stereocenters. The van der Waals surface area contributed by atoms with E-state index >= 15 is 0 Å². The Hall–Kier alpha value is -3.12. The molecule has 4 rings (SSSR count). The van der Waals surface area contributed by atoms with Crippen LogP contribution in [0, 0.1) is 13.8 Å². The van der Waals surface area contributed by atoms with Crippen LogP contribution in [0.2, 0.25) is 0 Å². The van der Waals surface area contributed by atoms with Crippen molar-refractivity contribution in [3.05, 3.63) is 72.2 Å². The van der Waals surface area contributed by atoms with Crippen LogP contribution in [0.15, 0.2) is 70.8 Å². The van der Waals surface area contributed by atoms with Crippen LogP contribution in [-0.4, -0.2) is 15.0 Å². The summed E-state index contributed by atoms with van der Waals surface area (Å²) in [6.07, 6.45) is 1.46. The molecule has 0 aliphatic heterocycles. The standard InChI is InChI=1S/C21H18N4OS/c1-13-6-10-16(11-7-13)27-21-18(22)20(23-12-24-21)26-17-5-3-4-15-9-8-14(2)25-19(15)17/h3-12H,22H2,1-2H3. The van der Waals surface area contributed by atoms with Gasteiger partial charge in [-0.25, -0.2) is 9.97 Å².